The van der Waals surface area contributed by atoms with E-state index in [9.17, 15) is 9.59 Å². The third-order valence-electron chi connectivity index (χ3n) is 4.07. The summed E-state index contributed by atoms with van der Waals surface area (Å²) in [6.07, 6.45) is 0.897. The molecule has 0 heterocycles. The lowest BCUT2D eigenvalue weighted by molar-refractivity contribution is -0.118. The lowest BCUT2D eigenvalue weighted by atomic mass is 9.85. The summed E-state index contributed by atoms with van der Waals surface area (Å²) in [5, 5.41) is 2.90. The van der Waals surface area contributed by atoms with E-state index in [1.54, 1.807) is 24.3 Å². The van der Waals surface area contributed by atoms with Gasteiger partial charge in [-0.25, -0.2) is 0 Å². The van der Waals surface area contributed by atoms with Crippen molar-refractivity contribution < 1.29 is 9.59 Å². The van der Waals surface area contributed by atoms with Crippen LogP contribution in [0.5, 0.6) is 0 Å². The molecule has 0 aliphatic heterocycles. The fourth-order valence-corrected chi connectivity index (χ4v) is 2.60. The van der Waals surface area contributed by atoms with E-state index in [1.165, 1.54) is 0 Å². The number of anilines is 1. The lowest BCUT2D eigenvalue weighted by Crippen LogP contribution is -2.26. The molecule has 2 atom stereocenters. The second-order valence-electron chi connectivity index (χ2n) is 5.71. The SMILES string of the molecule is CC[C@@H](C)[C@H](C(=O)Nc1cccc(C(N)=O)c1)c1ccccc1. The zero-order chi connectivity index (χ0) is 16.8. The molecule has 3 N–H and O–H groups in total. The van der Waals surface area contributed by atoms with E-state index in [-0.39, 0.29) is 17.7 Å². The van der Waals surface area contributed by atoms with Crippen molar-refractivity contribution >= 4 is 17.5 Å². The summed E-state index contributed by atoms with van der Waals surface area (Å²) in [5.74, 6) is -0.620. The van der Waals surface area contributed by atoms with Gasteiger partial charge in [0.05, 0.1) is 5.92 Å². The summed E-state index contributed by atoms with van der Waals surface area (Å²) in [4.78, 5) is 24.0. The van der Waals surface area contributed by atoms with E-state index in [4.69, 9.17) is 5.73 Å². The molecule has 4 heteroatoms. The third kappa shape index (κ3) is 4.19. The van der Waals surface area contributed by atoms with Gasteiger partial charge in [-0.3, -0.25) is 9.59 Å². The molecule has 4 nitrogen and oxygen atoms in total. The maximum absolute atomic E-state index is 12.8. The van der Waals surface area contributed by atoms with Crippen molar-refractivity contribution in [2.24, 2.45) is 11.7 Å². The maximum Gasteiger partial charge on any atom is 0.248 e. The number of carbonyl (C=O) groups excluding carboxylic acids is 2. The van der Waals surface area contributed by atoms with Gasteiger partial charge in [-0.05, 0) is 29.7 Å². The zero-order valence-corrected chi connectivity index (χ0v) is 13.5. The number of hydrogen-bond acceptors (Lipinski definition) is 2. The number of primary amides is 1. The first-order chi connectivity index (χ1) is 11.0. The molecule has 2 rings (SSSR count). The topological polar surface area (TPSA) is 72.2 Å². The molecule has 2 aromatic carbocycles. The van der Waals surface area contributed by atoms with Crippen LogP contribution in [0.3, 0.4) is 0 Å². The normalized spacial score (nSPS) is 13.1. The van der Waals surface area contributed by atoms with Crippen LogP contribution in [-0.4, -0.2) is 11.8 Å². The first-order valence-electron chi connectivity index (χ1n) is 7.78. The van der Waals surface area contributed by atoms with Crippen LogP contribution in [0.25, 0.3) is 0 Å². The quantitative estimate of drug-likeness (QED) is 0.856. The number of nitrogens with two attached hydrogens (primary N) is 1. The van der Waals surface area contributed by atoms with E-state index in [0.717, 1.165) is 12.0 Å². The molecule has 0 spiro atoms. The van der Waals surface area contributed by atoms with Crippen LogP contribution in [0, 0.1) is 5.92 Å². The molecular formula is C19H22N2O2. The number of rotatable bonds is 6. The third-order valence-corrected chi connectivity index (χ3v) is 4.07. The Bertz CT molecular complexity index is 683. The van der Waals surface area contributed by atoms with E-state index in [2.05, 4.69) is 19.2 Å². The molecular weight excluding hydrogens is 288 g/mol. The van der Waals surface area contributed by atoms with Crippen molar-refractivity contribution in [1.29, 1.82) is 0 Å². The average Bonchev–Trinajstić information content (AvgIpc) is 2.56. The second kappa shape index (κ2) is 7.58. The Morgan fingerprint density at radius 1 is 1.09 bits per heavy atom. The number of benzene rings is 2. The lowest BCUT2D eigenvalue weighted by Gasteiger charge is -2.23. The zero-order valence-electron chi connectivity index (χ0n) is 13.5. The van der Waals surface area contributed by atoms with Crippen molar-refractivity contribution in [1.82, 2.24) is 0 Å². The molecule has 0 aliphatic rings. The minimum Gasteiger partial charge on any atom is -0.366 e. The number of nitrogens with one attached hydrogen (secondary N) is 1. The Labute approximate surface area is 136 Å². The first-order valence-corrected chi connectivity index (χ1v) is 7.78. The molecule has 0 saturated carbocycles. The van der Waals surface area contributed by atoms with Crippen molar-refractivity contribution in [3.05, 3.63) is 65.7 Å². The van der Waals surface area contributed by atoms with Gasteiger partial charge in [-0.1, -0.05) is 56.7 Å². The fraction of sp³-hybridized carbons (Fsp3) is 0.263. The fourth-order valence-electron chi connectivity index (χ4n) is 2.60. The Hall–Kier alpha value is -2.62. The van der Waals surface area contributed by atoms with Gasteiger partial charge >= 0.3 is 0 Å². The summed E-state index contributed by atoms with van der Waals surface area (Å²) in [6, 6.07) is 16.4. The van der Waals surface area contributed by atoms with Gasteiger partial charge in [0.15, 0.2) is 0 Å². The van der Waals surface area contributed by atoms with Crippen LogP contribution in [0.4, 0.5) is 5.69 Å². The van der Waals surface area contributed by atoms with Gasteiger partial charge in [0.25, 0.3) is 0 Å². The Morgan fingerprint density at radius 3 is 2.39 bits per heavy atom. The minimum absolute atomic E-state index is 0.0767. The van der Waals surface area contributed by atoms with Crippen LogP contribution in [0.15, 0.2) is 54.6 Å². The highest BCUT2D eigenvalue weighted by atomic mass is 16.2. The molecule has 0 aromatic heterocycles. The van der Waals surface area contributed by atoms with E-state index >= 15 is 0 Å². The van der Waals surface area contributed by atoms with Gasteiger partial charge < -0.3 is 11.1 Å². The summed E-state index contributed by atoms with van der Waals surface area (Å²) >= 11 is 0. The highest BCUT2D eigenvalue weighted by Crippen LogP contribution is 2.28. The molecule has 0 fully saturated rings. The van der Waals surface area contributed by atoms with Gasteiger partial charge in [0.2, 0.25) is 11.8 Å². The largest absolute Gasteiger partial charge is 0.366 e. The average molecular weight is 310 g/mol. The van der Waals surface area contributed by atoms with Crippen LogP contribution in [0.2, 0.25) is 0 Å². The minimum atomic E-state index is -0.511. The van der Waals surface area contributed by atoms with Gasteiger partial charge in [0, 0.05) is 11.3 Å². The molecule has 2 aromatic rings. The van der Waals surface area contributed by atoms with Crippen LogP contribution >= 0.6 is 0 Å². The monoisotopic (exact) mass is 310 g/mol. The number of amides is 2. The highest BCUT2D eigenvalue weighted by Gasteiger charge is 2.25. The number of carbonyl (C=O) groups is 2. The molecule has 23 heavy (non-hydrogen) atoms. The van der Waals surface area contributed by atoms with Crippen LogP contribution < -0.4 is 11.1 Å². The molecule has 0 saturated heterocycles. The van der Waals surface area contributed by atoms with E-state index in [0.29, 0.717) is 11.3 Å². The molecule has 0 radical (unpaired) electrons. The summed E-state index contributed by atoms with van der Waals surface area (Å²) in [5.41, 5.74) is 7.23. The molecule has 0 bridgehead atoms. The second-order valence-corrected chi connectivity index (χ2v) is 5.71. The van der Waals surface area contributed by atoms with Gasteiger partial charge in [0.1, 0.15) is 0 Å². The molecule has 0 unspecified atom stereocenters. The van der Waals surface area contributed by atoms with Gasteiger partial charge in [-0.15, -0.1) is 0 Å². The predicted octanol–water partition coefficient (Wildman–Crippen LogP) is 3.55. The van der Waals surface area contributed by atoms with Crippen molar-refractivity contribution in [3.8, 4) is 0 Å². The Morgan fingerprint density at radius 2 is 1.78 bits per heavy atom. The molecule has 0 aliphatic carbocycles. The summed E-state index contributed by atoms with van der Waals surface area (Å²) in [7, 11) is 0. The van der Waals surface area contributed by atoms with E-state index in [1.807, 2.05) is 30.3 Å². The number of hydrogen-bond donors (Lipinski definition) is 2. The maximum atomic E-state index is 12.8. The Balaban J connectivity index is 2.25. The van der Waals surface area contributed by atoms with Crippen LogP contribution in [0.1, 0.15) is 42.1 Å². The standard InChI is InChI=1S/C19H22N2O2/c1-3-13(2)17(14-8-5-4-6-9-14)19(23)21-16-11-7-10-15(12-16)18(20)22/h4-13,17H,3H2,1-2H3,(H2,20,22)(H,21,23)/t13-,17+/m1/s1. The van der Waals surface area contributed by atoms with E-state index < -0.39 is 5.91 Å². The highest BCUT2D eigenvalue weighted by molar-refractivity contribution is 5.98. The van der Waals surface area contributed by atoms with Gasteiger partial charge in [-0.2, -0.15) is 0 Å². The summed E-state index contributed by atoms with van der Waals surface area (Å²) < 4.78 is 0. The van der Waals surface area contributed by atoms with Crippen molar-refractivity contribution in [2.75, 3.05) is 5.32 Å². The predicted molar refractivity (Wildman–Crippen MR) is 92.2 cm³/mol. The Kier molecular flexibility index (Phi) is 5.52. The molecule has 120 valence electrons. The smallest absolute Gasteiger partial charge is 0.248 e. The van der Waals surface area contributed by atoms with Crippen molar-refractivity contribution in [3.63, 3.8) is 0 Å². The first kappa shape index (κ1) is 16.7. The summed E-state index contributed by atoms with van der Waals surface area (Å²) in [6.45, 7) is 4.14. The molecule has 2 amide bonds. The van der Waals surface area contributed by atoms with Crippen LogP contribution in [-0.2, 0) is 4.79 Å². The van der Waals surface area contributed by atoms with Crippen molar-refractivity contribution in [2.45, 2.75) is 26.2 Å².